The average Bonchev–Trinajstić information content (AvgIpc) is 2.41. The zero-order valence-corrected chi connectivity index (χ0v) is 11.2. The Kier molecular flexibility index (Phi) is 4.36. The van der Waals surface area contributed by atoms with E-state index in [2.05, 4.69) is 15.9 Å². The Labute approximate surface area is 114 Å². The lowest BCUT2D eigenvalue weighted by atomic mass is 10.2. The second kappa shape index (κ2) is 6.00. The van der Waals surface area contributed by atoms with Crippen molar-refractivity contribution in [2.24, 2.45) is 0 Å². The maximum atomic E-state index is 9.27. The zero-order chi connectivity index (χ0) is 13.0. The first kappa shape index (κ1) is 13.1. The fraction of sp³-hybridized carbons (Fsp3) is 0.143. The van der Waals surface area contributed by atoms with Gasteiger partial charge in [0.15, 0.2) is 0 Å². The highest BCUT2D eigenvalue weighted by Gasteiger charge is 2.05. The summed E-state index contributed by atoms with van der Waals surface area (Å²) in [5.74, 6) is 1.29. The van der Waals surface area contributed by atoms with E-state index in [0.717, 1.165) is 15.6 Å². The second-order valence-corrected chi connectivity index (χ2v) is 4.73. The van der Waals surface area contributed by atoms with Crippen molar-refractivity contribution < 1.29 is 14.9 Å². The number of aliphatic hydroxyl groups excluding tert-OH is 2. The molecule has 2 N–H and O–H groups in total. The summed E-state index contributed by atoms with van der Waals surface area (Å²) in [6.45, 7) is -0.0655. The topological polar surface area (TPSA) is 49.7 Å². The summed E-state index contributed by atoms with van der Waals surface area (Å²) >= 11 is 3.35. The Morgan fingerprint density at radius 2 is 1.67 bits per heavy atom. The smallest absolute Gasteiger partial charge is 0.133 e. The predicted molar refractivity (Wildman–Crippen MR) is 72.5 cm³/mol. The average molecular weight is 309 g/mol. The van der Waals surface area contributed by atoms with Crippen molar-refractivity contribution in [3.05, 3.63) is 58.1 Å². The highest BCUT2D eigenvalue weighted by Crippen LogP contribution is 2.28. The van der Waals surface area contributed by atoms with E-state index >= 15 is 0 Å². The molecule has 0 unspecified atom stereocenters. The van der Waals surface area contributed by atoms with Crippen molar-refractivity contribution in [2.45, 2.75) is 13.2 Å². The van der Waals surface area contributed by atoms with Gasteiger partial charge >= 0.3 is 0 Å². The van der Waals surface area contributed by atoms with Crippen molar-refractivity contribution >= 4 is 15.9 Å². The van der Waals surface area contributed by atoms with Gasteiger partial charge in [0.1, 0.15) is 11.5 Å². The highest BCUT2D eigenvalue weighted by molar-refractivity contribution is 9.10. The van der Waals surface area contributed by atoms with Gasteiger partial charge in [-0.1, -0.05) is 28.1 Å². The fourth-order valence-electron chi connectivity index (χ4n) is 1.56. The van der Waals surface area contributed by atoms with Gasteiger partial charge in [0.05, 0.1) is 13.2 Å². The third kappa shape index (κ3) is 3.10. The lowest BCUT2D eigenvalue weighted by Gasteiger charge is -2.10. The van der Waals surface area contributed by atoms with Crippen molar-refractivity contribution in [2.75, 3.05) is 0 Å². The van der Waals surface area contributed by atoms with Crippen LogP contribution in [0, 0.1) is 0 Å². The molecule has 0 atom stereocenters. The highest BCUT2D eigenvalue weighted by atomic mass is 79.9. The Balaban J connectivity index is 2.22. The van der Waals surface area contributed by atoms with E-state index in [0.29, 0.717) is 11.5 Å². The maximum Gasteiger partial charge on any atom is 0.133 e. The van der Waals surface area contributed by atoms with Crippen LogP contribution in [-0.4, -0.2) is 10.2 Å². The molecule has 2 aromatic rings. The summed E-state index contributed by atoms with van der Waals surface area (Å²) in [7, 11) is 0. The van der Waals surface area contributed by atoms with E-state index in [1.165, 1.54) is 0 Å². The summed E-state index contributed by atoms with van der Waals surface area (Å²) in [6, 6.07) is 12.6. The summed E-state index contributed by atoms with van der Waals surface area (Å²) in [6.07, 6.45) is 0. The molecule has 2 rings (SSSR count). The summed E-state index contributed by atoms with van der Waals surface area (Å²) < 4.78 is 6.59. The van der Waals surface area contributed by atoms with Gasteiger partial charge in [0, 0.05) is 10.0 Å². The zero-order valence-electron chi connectivity index (χ0n) is 9.64. The molecule has 18 heavy (non-hydrogen) atoms. The van der Waals surface area contributed by atoms with Gasteiger partial charge in [-0.3, -0.25) is 0 Å². The van der Waals surface area contributed by atoms with Crippen molar-refractivity contribution in [1.29, 1.82) is 0 Å². The minimum Gasteiger partial charge on any atom is -0.457 e. The molecular weight excluding hydrogens is 296 g/mol. The van der Waals surface area contributed by atoms with Gasteiger partial charge in [0.25, 0.3) is 0 Å². The summed E-state index contributed by atoms with van der Waals surface area (Å²) in [5.41, 5.74) is 1.55. The lowest BCUT2D eigenvalue weighted by molar-refractivity contribution is 0.276. The number of benzene rings is 2. The van der Waals surface area contributed by atoms with E-state index in [1.54, 1.807) is 30.3 Å². The van der Waals surface area contributed by atoms with E-state index < -0.39 is 0 Å². The molecule has 0 radical (unpaired) electrons. The first-order valence-corrected chi connectivity index (χ1v) is 6.29. The molecule has 0 amide bonds. The van der Waals surface area contributed by atoms with Crippen LogP contribution in [0.3, 0.4) is 0 Å². The van der Waals surface area contributed by atoms with Crippen LogP contribution in [0.25, 0.3) is 0 Å². The number of halogens is 1. The Hall–Kier alpha value is -1.36. The first-order valence-electron chi connectivity index (χ1n) is 5.50. The van der Waals surface area contributed by atoms with Crippen LogP contribution in [0.1, 0.15) is 11.1 Å². The minimum absolute atomic E-state index is 0.0143. The predicted octanol–water partition coefficient (Wildman–Crippen LogP) is 3.23. The molecule has 0 fully saturated rings. The number of aliphatic hydroxyl groups is 2. The molecule has 0 bridgehead atoms. The minimum atomic E-state index is -0.0799. The molecule has 4 heteroatoms. The molecule has 0 aliphatic heterocycles. The molecule has 94 valence electrons. The van der Waals surface area contributed by atoms with Gasteiger partial charge in [-0.2, -0.15) is 0 Å². The van der Waals surface area contributed by atoms with Crippen LogP contribution < -0.4 is 4.74 Å². The molecular formula is C14H13BrO3. The number of rotatable bonds is 4. The van der Waals surface area contributed by atoms with E-state index in [1.807, 2.05) is 12.1 Å². The van der Waals surface area contributed by atoms with Crippen LogP contribution in [0.5, 0.6) is 11.5 Å². The number of hydrogen-bond donors (Lipinski definition) is 2. The Morgan fingerprint density at radius 3 is 2.28 bits per heavy atom. The normalized spacial score (nSPS) is 10.4. The molecule has 0 aliphatic rings. The molecule has 3 nitrogen and oxygen atoms in total. The largest absolute Gasteiger partial charge is 0.457 e. The van der Waals surface area contributed by atoms with Crippen LogP contribution in [0.15, 0.2) is 46.9 Å². The van der Waals surface area contributed by atoms with Crippen LogP contribution in [0.4, 0.5) is 0 Å². The summed E-state index contributed by atoms with van der Waals surface area (Å²) in [5, 5.41) is 18.2. The van der Waals surface area contributed by atoms with E-state index in [-0.39, 0.29) is 13.2 Å². The van der Waals surface area contributed by atoms with Crippen LogP contribution in [0.2, 0.25) is 0 Å². The molecule has 0 saturated heterocycles. The summed E-state index contributed by atoms with van der Waals surface area (Å²) in [4.78, 5) is 0. The lowest BCUT2D eigenvalue weighted by Crippen LogP contribution is -1.92. The molecule has 2 aromatic carbocycles. The fourth-order valence-corrected chi connectivity index (χ4v) is 1.97. The third-order valence-corrected chi connectivity index (χ3v) is 3.02. The van der Waals surface area contributed by atoms with E-state index in [9.17, 15) is 5.11 Å². The molecule has 0 aliphatic carbocycles. The van der Waals surface area contributed by atoms with Crippen LogP contribution in [-0.2, 0) is 13.2 Å². The second-order valence-electron chi connectivity index (χ2n) is 3.81. The van der Waals surface area contributed by atoms with Crippen molar-refractivity contribution in [3.63, 3.8) is 0 Å². The molecule has 0 spiro atoms. The quantitative estimate of drug-likeness (QED) is 0.911. The van der Waals surface area contributed by atoms with Gasteiger partial charge < -0.3 is 14.9 Å². The standard InChI is InChI=1S/C14H13BrO3/c15-12-3-6-14(11(7-12)9-17)18-13-4-1-10(8-16)2-5-13/h1-7,16-17H,8-9H2. The number of ether oxygens (including phenoxy) is 1. The molecule has 0 heterocycles. The number of hydrogen-bond acceptors (Lipinski definition) is 3. The monoisotopic (exact) mass is 308 g/mol. The first-order chi connectivity index (χ1) is 8.72. The Bertz CT molecular complexity index is 523. The van der Waals surface area contributed by atoms with Crippen molar-refractivity contribution in [1.82, 2.24) is 0 Å². The van der Waals surface area contributed by atoms with Gasteiger partial charge in [-0.15, -0.1) is 0 Å². The SMILES string of the molecule is OCc1ccc(Oc2ccc(Br)cc2CO)cc1. The maximum absolute atomic E-state index is 9.27. The third-order valence-electron chi connectivity index (χ3n) is 2.53. The molecule has 0 aromatic heterocycles. The van der Waals surface area contributed by atoms with Crippen molar-refractivity contribution in [3.8, 4) is 11.5 Å². The van der Waals surface area contributed by atoms with Gasteiger partial charge in [0.2, 0.25) is 0 Å². The van der Waals surface area contributed by atoms with Crippen LogP contribution >= 0.6 is 15.9 Å². The van der Waals surface area contributed by atoms with Gasteiger partial charge in [-0.25, -0.2) is 0 Å². The molecule has 0 saturated carbocycles. The van der Waals surface area contributed by atoms with E-state index in [4.69, 9.17) is 9.84 Å². The Morgan fingerprint density at radius 1 is 0.944 bits per heavy atom. The van der Waals surface area contributed by atoms with Gasteiger partial charge in [-0.05, 0) is 35.9 Å².